The average molecular weight is 267 g/mol. The van der Waals surface area contributed by atoms with Crippen molar-refractivity contribution in [3.05, 3.63) is 36.3 Å². The van der Waals surface area contributed by atoms with Crippen LogP contribution < -0.4 is 10.5 Å². The van der Waals surface area contributed by atoms with Crippen LogP contribution in [0, 0.1) is 0 Å². The topological polar surface area (TPSA) is 103 Å². The maximum Gasteiger partial charge on any atom is 0.264 e. The minimum atomic E-state index is -3.70. The van der Waals surface area contributed by atoms with E-state index in [4.69, 9.17) is 5.73 Å². The maximum atomic E-state index is 12.2. The van der Waals surface area contributed by atoms with Crippen molar-refractivity contribution >= 4 is 15.8 Å². The summed E-state index contributed by atoms with van der Waals surface area (Å²) in [5.74, 6) is 0.377. The number of hydrogen-bond acceptors (Lipinski definition) is 5. The van der Waals surface area contributed by atoms with Gasteiger partial charge in [0.1, 0.15) is 10.7 Å². The molecule has 8 heteroatoms. The molecule has 0 atom stereocenters. The first kappa shape index (κ1) is 12.5. The van der Waals surface area contributed by atoms with Gasteiger partial charge < -0.3 is 5.73 Å². The molecule has 18 heavy (non-hydrogen) atoms. The number of nitrogens with zero attached hydrogens (tertiary/aromatic N) is 3. The molecule has 7 nitrogen and oxygen atoms in total. The number of aryl methyl sites for hydroxylation is 1. The molecule has 0 aliphatic carbocycles. The Labute approximate surface area is 105 Å². The number of pyridine rings is 1. The summed E-state index contributed by atoms with van der Waals surface area (Å²) >= 11 is 0. The van der Waals surface area contributed by atoms with Gasteiger partial charge in [-0.2, -0.15) is 5.10 Å². The molecular weight excluding hydrogens is 254 g/mol. The molecule has 0 saturated carbocycles. The molecule has 96 valence electrons. The molecule has 0 amide bonds. The Balaban J connectivity index is 2.40. The third-order valence-electron chi connectivity index (χ3n) is 2.39. The van der Waals surface area contributed by atoms with Gasteiger partial charge in [0.2, 0.25) is 0 Å². The van der Waals surface area contributed by atoms with Crippen molar-refractivity contribution in [3.8, 4) is 0 Å². The molecule has 0 spiro atoms. The molecule has 0 radical (unpaired) electrons. The van der Waals surface area contributed by atoms with Crippen LogP contribution in [0.15, 0.2) is 35.5 Å². The first-order valence-corrected chi connectivity index (χ1v) is 6.67. The van der Waals surface area contributed by atoms with Crippen LogP contribution in [0.5, 0.6) is 0 Å². The first-order chi connectivity index (χ1) is 8.54. The van der Waals surface area contributed by atoms with Gasteiger partial charge in [0.25, 0.3) is 10.0 Å². The monoisotopic (exact) mass is 267 g/mol. The van der Waals surface area contributed by atoms with E-state index in [2.05, 4.69) is 14.8 Å². The Morgan fingerprint density at radius 1 is 1.39 bits per heavy atom. The molecule has 0 unspecified atom stereocenters. The SMILES string of the molecule is Cn1nccc1NS(=O)(=O)c1cccnc1CN. The van der Waals surface area contributed by atoms with Gasteiger partial charge in [-0.05, 0) is 12.1 Å². The van der Waals surface area contributed by atoms with Crippen LogP contribution in [-0.4, -0.2) is 23.2 Å². The van der Waals surface area contributed by atoms with Crippen molar-refractivity contribution in [3.63, 3.8) is 0 Å². The zero-order chi connectivity index (χ0) is 13.2. The second kappa shape index (κ2) is 4.75. The maximum absolute atomic E-state index is 12.2. The van der Waals surface area contributed by atoms with E-state index in [1.54, 1.807) is 19.2 Å². The molecule has 0 aliphatic rings. The predicted octanol–water partition coefficient (Wildman–Crippen LogP) is 0.0746. The predicted molar refractivity (Wildman–Crippen MR) is 66.1 cm³/mol. The Morgan fingerprint density at radius 2 is 2.17 bits per heavy atom. The molecule has 0 aromatic carbocycles. The lowest BCUT2D eigenvalue weighted by Crippen LogP contribution is -2.18. The molecule has 0 saturated heterocycles. The van der Waals surface area contributed by atoms with Crippen LogP contribution in [0.4, 0.5) is 5.82 Å². The Morgan fingerprint density at radius 3 is 2.78 bits per heavy atom. The smallest absolute Gasteiger partial charge is 0.264 e. The van der Waals surface area contributed by atoms with Gasteiger partial charge in [0.15, 0.2) is 0 Å². The lowest BCUT2D eigenvalue weighted by molar-refractivity contribution is 0.598. The van der Waals surface area contributed by atoms with E-state index in [9.17, 15) is 8.42 Å². The minimum Gasteiger partial charge on any atom is -0.325 e. The molecule has 0 bridgehead atoms. The van der Waals surface area contributed by atoms with Crippen LogP contribution >= 0.6 is 0 Å². The highest BCUT2D eigenvalue weighted by atomic mass is 32.2. The minimum absolute atomic E-state index is 0.0580. The van der Waals surface area contributed by atoms with Gasteiger partial charge in [-0.15, -0.1) is 0 Å². The zero-order valence-electron chi connectivity index (χ0n) is 9.74. The fraction of sp³-hybridized carbons (Fsp3) is 0.200. The third kappa shape index (κ3) is 2.34. The van der Waals surface area contributed by atoms with Crippen molar-refractivity contribution in [2.45, 2.75) is 11.4 Å². The molecule has 2 aromatic rings. The molecule has 3 N–H and O–H groups in total. The number of nitrogens with one attached hydrogen (secondary N) is 1. The highest BCUT2D eigenvalue weighted by molar-refractivity contribution is 7.92. The van der Waals surface area contributed by atoms with Crippen LogP contribution in [0.2, 0.25) is 0 Å². The van der Waals surface area contributed by atoms with Crippen molar-refractivity contribution in [2.24, 2.45) is 12.8 Å². The lowest BCUT2D eigenvalue weighted by Gasteiger charge is -2.10. The quantitative estimate of drug-likeness (QED) is 0.816. The van der Waals surface area contributed by atoms with Crippen molar-refractivity contribution < 1.29 is 8.42 Å². The fourth-order valence-electron chi connectivity index (χ4n) is 1.49. The van der Waals surface area contributed by atoms with Crippen LogP contribution in [0.25, 0.3) is 0 Å². The van der Waals surface area contributed by atoms with E-state index < -0.39 is 10.0 Å². The number of nitrogens with two attached hydrogens (primary N) is 1. The third-order valence-corrected chi connectivity index (χ3v) is 3.82. The summed E-state index contributed by atoms with van der Waals surface area (Å²) in [4.78, 5) is 4.03. The van der Waals surface area contributed by atoms with E-state index in [1.165, 1.54) is 23.1 Å². The molecule has 2 heterocycles. The first-order valence-electron chi connectivity index (χ1n) is 5.19. The van der Waals surface area contributed by atoms with Gasteiger partial charge in [0.05, 0.1) is 11.9 Å². The van der Waals surface area contributed by atoms with E-state index in [0.29, 0.717) is 11.5 Å². The summed E-state index contributed by atoms with van der Waals surface area (Å²) in [5.41, 5.74) is 5.80. The van der Waals surface area contributed by atoms with Gasteiger partial charge in [0, 0.05) is 25.9 Å². The molecule has 2 rings (SSSR count). The molecule has 0 aliphatic heterocycles. The number of hydrogen-bond donors (Lipinski definition) is 2. The van der Waals surface area contributed by atoms with Crippen molar-refractivity contribution in [2.75, 3.05) is 4.72 Å². The van der Waals surface area contributed by atoms with Gasteiger partial charge in [-0.3, -0.25) is 14.4 Å². The largest absolute Gasteiger partial charge is 0.325 e. The van der Waals surface area contributed by atoms with E-state index >= 15 is 0 Å². The fourth-order valence-corrected chi connectivity index (χ4v) is 2.78. The summed E-state index contributed by atoms with van der Waals surface area (Å²) in [5, 5.41) is 3.89. The van der Waals surface area contributed by atoms with E-state index in [0.717, 1.165) is 0 Å². The normalized spacial score (nSPS) is 11.4. The molecule has 2 aromatic heterocycles. The zero-order valence-corrected chi connectivity index (χ0v) is 10.6. The average Bonchev–Trinajstić information content (AvgIpc) is 2.74. The number of anilines is 1. The van der Waals surface area contributed by atoms with Crippen LogP contribution in [0.1, 0.15) is 5.69 Å². The standard InChI is InChI=1S/C10H13N5O2S/c1-15-10(4-6-13-15)14-18(16,17)9-3-2-5-12-8(9)7-11/h2-6,14H,7,11H2,1H3. The number of aromatic nitrogens is 3. The van der Waals surface area contributed by atoms with Crippen molar-refractivity contribution in [1.29, 1.82) is 0 Å². The summed E-state index contributed by atoms with van der Waals surface area (Å²) in [6.45, 7) is 0.0580. The highest BCUT2D eigenvalue weighted by Crippen LogP contribution is 2.17. The van der Waals surface area contributed by atoms with Gasteiger partial charge in [-0.25, -0.2) is 8.42 Å². The van der Waals surface area contributed by atoms with Gasteiger partial charge in [-0.1, -0.05) is 0 Å². The van der Waals surface area contributed by atoms with Crippen LogP contribution in [0.3, 0.4) is 0 Å². The van der Waals surface area contributed by atoms with Crippen LogP contribution in [-0.2, 0) is 23.6 Å². The highest BCUT2D eigenvalue weighted by Gasteiger charge is 2.19. The number of sulfonamides is 1. The lowest BCUT2D eigenvalue weighted by atomic mass is 10.3. The summed E-state index contributed by atoms with van der Waals surface area (Å²) in [6, 6.07) is 4.58. The summed E-state index contributed by atoms with van der Waals surface area (Å²) in [7, 11) is -2.06. The molecular formula is C10H13N5O2S. The van der Waals surface area contributed by atoms with E-state index in [-0.39, 0.29) is 11.4 Å². The van der Waals surface area contributed by atoms with Crippen molar-refractivity contribution in [1.82, 2.24) is 14.8 Å². The second-order valence-electron chi connectivity index (χ2n) is 3.60. The Kier molecular flexibility index (Phi) is 3.30. The van der Waals surface area contributed by atoms with E-state index in [1.807, 2.05) is 0 Å². The second-order valence-corrected chi connectivity index (χ2v) is 5.25. The Bertz CT molecular complexity index is 650. The number of rotatable bonds is 4. The Hall–Kier alpha value is -1.93. The molecule has 0 fully saturated rings. The van der Waals surface area contributed by atoms with Gasteiger partial charge >= 0.3 is 0 Å². The summed E-state index contributed by atoms with van der Waals surface area (Å²) < 4.78 is 28.2. The summed E-state index contributed by atoms with van der Waals surface area (Å²) in [6.07, 6.45) is 3.01.